The molecule has 2 aliphatic carbocycles. The van der Waals surface area contributed by atoms with Gasteiger partial charge in [0.2, 0.25) is 0 Å². The van der Waals surface area contributed by atoms with E-state index >= 15 is 0 Å². The SMILES string of the molecule is CCCCCCCC1CCC(C(=O)Oc2ccc(C3CCC(CCCCCCC)CC3)cc2)CC1. The summed E-state index contributed by atoms with van der Waals surface area (Å²) in [5.41, 5.74) is 1.44. The number of carbonyl (C=O) groups is 1. The fourth-order valence-electron chi connectivity index (χ4n) is 6.55. The van der Waals surface area contributed by atoms with E-state index in [1.165, 1.54) is 121 Å². The fourth-order valence-corrected chi connectivity index (χ4v) is 6.55. The van der Waals surface area contributed by atoms with Crippen LogP contribution in [0.25, 0.3) is 0 Å². The van der Waals surface area contributed by atoms with Crippen molar-refractivity contribution in [2.75, 3.05) is 0 Å². The highest BCUT2D eigenvalue weighted by molar-refractivity contribution is 5.75. The van der Waals surface area contributed by atoms with Crippen LogP contribution in [-0.2, 0) is 4.79 Å². The first-order chi connectivity index (χ1) is 17.2. The van der Waals surface area contributed by atoms with E-state index in [1.807, 2.05) is 12.1 Å². The van der Waals surface area contributed by atoms with Gasteiger partial charge < -0.3 is 4.74 Å². The highest BCUT2D eigenvalue weighted by Gasteiger charge is 2.28. The van der Waals surface area contributed by atoms with Gasteiger partial charge in [0.15, 0.2) is 0 Å². The molecule has 0 amide bonds. The van der Waals surface area contributed by atoms with Crippen molar-refractivity contribution in [2.45, 2.75) is 148 Å². The Labute approximate surface area is 217 Å². The smallest absolute Gasteiger partial charge is 0.314 e. The van der Waals surface area contributed by atoms with Crippen molar-refractivity contribution in [3.63, 3.8) is 0 Å². The zero-order valence-electron chi connectivity index (χ0n) is 23.1. The van der Waals surface area contributed by atoms with Gasteiger partial charge in [-0.1, -0.05) is 103 Å². The third-order valence-corrected chi connectivity index (χ3v) is 9.03. The first kappa shape index (κ1) is 28.3. The molecule has 0 spiro atoms. The van der Waals surface area contributed by atoms with Crippen LogP contribution in [-0.4, -0.2) is 5.97 Å². The maximum atomic E-state index is 12.8. The number of benzene rings is 1. The second kappa shape index (κ2) is 16.4. The van der Waals surface area contributed by atoms with Crippen LogP contribution in [0.3, 0.4) is 0 Å². The lowest BCUT2D eigenvalue weighted by atomic mass is 9.77. The van der Waals surface area contributed by atoms with Gasteiger partial charge in [-0.3, -0.25) is 4.79 Å². The molecule has 2 aliphatic rings. The third-order valence-electron chi connectivity index (χ3n) is 9.03. The predicted octanol–water partition coefficient (Wildman–Crippen LogP) is 10.4. The van der Waals surface area contributed by atoms with Crippen LogP contribution in [0.1, 0.15) is 154 Å². The highest BCUT2D eigenvalue weighted by atomic mass is 16.5. The highest BCUT2D eigenvalue weighted by Crippen LogP contribution is 2.38. The van der Waals surface area contributed by atoms with Crippen molar-refractivity contribution in [1.82, 2.24) is 0 Å². The normalized spacial score (nSPS) is 24.9. The molecule has 1 aromatic carbocycles. The van der Waals surface area contributed by atoms with Gasteiger partial charge in [0.25, 0.3) is 0 Å². The van der Waals surface area contributed by atoms with Crippen LogP contribution >= 0.6 is 0 Å². The molecule has 0 bridgehead atoms. The molecule has 1 aromatic rings. The fraction of sp³-hybridized carbons (Fsp3) is 0.788. The van der Waals surface area contributed by atoms with Crippen LogP contribution in [0.5, 0.6) is 5.75 Å². The van der Waals surface area contributed by atoms with E-state index in [1.54, 1.807) is 0 Å². The zero-order valence-corrected chi connectivity index (χ0v) is 23.1. The van der Waals surface area contributed by atoms with E-state index in [0.29, 0.717) is 5.92 Å². The van der Waals surface area contributed by atoms with E-state index in [9.17, 15) is 4.79 Å². The quantitative estimate of drug-likeness (QED) is 0.141. The molecule has 0 radical (unpaired) electrons. The summed E-state index contributed by atoms with van der Waals surface area (Å²) >= 11 is 0. The van der Waals surface area contributed by atoms with Gasteiger partial charge >= 0.3 is 5.97 Å². The molecule has 2 fully saturated rings. The summed E-state index contributed by atoms with van der Waals surface area (Å²) in [6, 6.07) is 8.51. The largest absolute Gasteiger partial charge is 0.426 e. The van der Waals surface area contributed by atoms with Crippen LogP contribution in [0.2, 0.25) is 0 Å². The van der Waals surface area contributed by atoms with Gasteiger partial charge in [0.05, 0.1) is 5.92 Å². The van der Waals surface area contributed by atoms with Crippen LogP contribution in [0, 0.1) is 17.8 Å². The topological polar surface area (TPSA) is 26.3 Å². The lowest BCUT2D eigenvalue weighted by Gasteiger charge is -2.29. The van der Waals surface area contributed by atoms with Gasteiger partial charge in [-0.05, 0) is 86.8 Å². The Morgan fingerprint density at radius 3 is 1.66 bits per heavy atom. The molecule has 198 valence electrons. The minimum Gasteiger partial charge on any atom is -0.426 e. The first-order valence-electron chi connectivity index (χ1n) is 15.5. The Balaban J connectivity index is 1.31. The summed E-state index contributed by atoms with van der Waals surface area (Å²) in [7, 11) is 0. The summed E-state index contributed by atoms with van der Waals surface area (Å²) in [5, 5.41) is 0. The number of ether oxygens (including phenoxy) is 1. The van der Waals surface area contributed by atoms with Crippen molar-refractivity contribution < 1.29 is 9.53 Å². The second-order valence-electron chi connectivity index (χ2n) is 11.8. The summed E-state index contributed by atoms with van der Waals surface area (Å²) in [4.78, 5) is 12.8. The first-order valence-corrected chi connectivity index (χ1v) is 15.5. The van der Waals surface area contributed by atoms with Crippen LogP contribution < -0.4 is 4.74 Å². The molecule has 0 saturated heterocycles. The number of esters is 1. The van der Waals surface area contributed by atoms with Crippen LogP contribution in [0.4, 0.5) is 0 Å². The van der Waals surface area contributed by atoms with Gasteiger partial charge in [-0.15, -0.1) is 0 Å². The minimum absolute atomic E-state index is 0.00130. The van der Waals surface area contributed by atoms with E-state index in [-0.39, 0.29) is 11.9 Å². The van der Waals surface area contributed by atoms with Crippen molar-refractivity contribution in [3.8, 4) is 5.75 Å². The van der Waals surface area contributed by atoms with Gasteiger partial charge in [-0.25, -0.2) is 0 Å². The van der Waals surface area contributed by atoms with E-state index in [4.69, 9.17) is 4.74 Å². The van der Waals surface area contributed by atoms with Gasteiger partial charge in [0, 0.05) is 0 Å². The zero-order chi connectivity index (χ0) is 24.7. The minimum atomic E-state index is -0.00130. The van der Waals surface area contributed by atoms with Crippen molar-refractivity contribution >= 4 is 5.97 Å². The summed E-state index contributed by atoms with van der Waals surface area (Å²) < 4.78 is 5.81. The Bertz CT molecular complexity index is 678. The molecular weight excluding hydrogens is 428 g/mol. The van der Waals surface area contributed by atoms with Crippen molar-refractivity contribution in [2.24, 2.45) is 17.8 Å². The monoisotopic (exact) mass is 482 g/mol. The van der Waals surface area contributed by atoms with Gasteiger partial charge in [-0.2, -0.15) is 0 Å². The molecule has 2 heteroatoms. The van der Waals surface area contributed by atoms with E-state index in [2.05, 4.69) is 26.0 Å². The molecule has 0 unspecified atom stereocenters. The Morgan fingerprint density at radius 2 is 1.14 bits per heavy atom. The number of rotatable bonds is 15. The Kier molecular flexibility index (Phi) is 13.3. The lowest BCUT2D eigenvalue weighted by molar-refractivity contribution is -0.140. The molecular formula is C33H54O2. The number of carbonyl (C=O) groups excluding carboxylic acids is 1. The summed E-state index contributed by atoms with van der Waals surface area (Å²) in [5.74, 6) is 3.30. The summed E-state index contributed by atoms with van der Waals surface area (Å²) in [6.07, 6.45) is 26.5. The number of hydrogen-bond donors (Lipinski definition) is 0. The van der Waals surface area contributed by atoms with Crippen LogP contribution in [0.15, 0.2) is 24.3 Å². The maximum Gasteiger partial charge on any atom is 0.314 e. The Morgan fingerprint density at radius 1 is 0.657 bits per heavy atom. The average Bonchev–Trinajstić information content (AvgIpc) is 2.90. The number of hydrogen-bond acceptors (Lipinski definition) is 2. The molecule has 0 N–H and O–H groups in total. The summed E-state index contributed by atoms with van der Waals surface area (Å²) in [6.45, 7) is 4.57. The molecule has 0 atom stereocenters. The van der Waals surface area contributed by atoms with Crippen molar-refractivity contribution in [3.05, 3.63) is 29.8 Å². The van der Waals surface area contributed by atoms with E-state index < -0.39 is 0 Å². The second-order valence-corrected chi connectivity index (χ2v) is 11.8. The maximum absolute atomic E-state index is 12.8. The molecule has 0 aromatic heterocycles. The van der Waals surface area contributed by atoms with Gasteiger partial charge in [0.1, 0.15) is 5.75 Å². The molecule has 0 aliphatic heterocycles. The Hall–Kier alpha value is -1.31. The predicted molar refractivity (Wildman–Crippen MR) is 149 cm³/mol. The lowest BCUT2D eigenvalue weighted by Crippen LogP contribution is -2.25. The number of unbranched alkanes of at least 4 members (excludes halogenated alkanes) is 8. The third kappa shape index (κ3) is 10.3. The molecule has 2 nitrogen and oxygen atoms in total. The van der Waals surface area contributed by atoms with E-state index in [0.717, 1.165) is 30.4 Å². The molecule has 0 heterocycles. The standard InChI is InChI=1S/C33H54O2/c1-3-5-7-9-11-13-27-15-19-29(20-16-27)30-23-25-32(26-24-30)35-33(34)31-21-17-28(18-22-31)14-12-10-8-6-4-2/h23-29,31H,3-22H2,1-2H3. The average molecular weight is 483 g/mol. The molecule has 3 rings (SSSR count). The van der Waals surface area contributed by atoms with Crippen molar-refractivity contribution in [1.29, 1.82) is 0 Å². The molecule has 35 heavy (non-hydrogen) atoms. The molecule has 2 saturated carbocycles.